The molecule has 0 spiro atoms. The molecule has 6 heteroatoms. The molecule has 1 fully saturated rings. The molecule has 0 bridgehead atoms. The molecule has 1 aliphatic carbocycles. The number of halogens is 1. The fourth-order valence-corrected chi connectivity index (χ4v) is 4.03. The number of guanidine groups is 1. The van der Waals surface area contributed by atoms with E-state index < -0.39 is 0 Å². The van der Waals surface area contributed by atoms with Crippen LogP contribution in [-0.4, -0.2) is 31.1 Å². The Kier molecular flexibility index (Phi) is 7.68. The molecule has 25 heavy (non-hydrogen) atoms. The van der Waals surface area contributed by atoms with Crippen molar-refractivity contribution in [3.05, 3.63) is 52.0 Å². The highest BCUT2D eigenvalue weighted by molar-refractivity contribution is 14.0. The molecule has 1 heterocycles. The van der Waals surface area contributed by atoms with Crippen molar-refractivity contribution in [2.24, 2.45) is 4.99 Å². The lowest BCUT2D eigenvalue weighted by Gasteiger charge is -2.43. The Morgan fingerprint density at radius 2 is 2.00 bits per heavy atom. The van der Waals surface area contributed by atoms with Crippen LogP contribution in [0.15, 0.2) is 41.5 Å². The Hall–Kier alpha value is -1.15. The molecule has 2 N–H and O–H groups in total. The van der Waals surface area contributed by atoms with Crippen LogP contribution < -0.4 is 10.6 Å². The Morgan fingerprint density at radius 1 is 1.24 bits per heavy atom. The molecule has 0 saturated heterocycles. The first kappa shape index (κ1) is 20.2. The van der Waals surface area contributed by atoms with Crippen molar-refractivity contribution in [1.82, 2.24) is 15.6 Å². The summed E-state index contributed by atoms with van der Waals surface area (Å²) in [6, 6.07) is 10.9. The van der Waals surface area contributed by atoms with E-state index in [9.17, 15) is 0 Å². The van der Waals surface area contributed by atoms with Crippen LogP contribution >= 0.6 is 35.3 Å². The summed E-state index contributed by atoms with van der Waals surface area (Å²) >= 11 is 1.76. The zero-order valence-electron chi connectivity index (χ0n) is 14.9. The molecule has 4 nitrogen and oxygen atoms in total. The molecule has 136 valence electrons. The maximum Gasteiger partial charge on any atom is 0.191 e. The van der Waals surface area contributed by atoms with Crippen molar-refractivity contribution >= 4 is 41.3 Å². The standard InChI is InChI=1S/C19H26N4S.HI/c1-15-13-22-17(24-15)9-12-21-18(20-2)23-14-19(10-6-11-19)16-7-4-3-5-8-16;/h3-5,7-8,13H,6,9-12,14H2,1-2H3,(H2,20,21,23);1H. The van der Waals surface area contributed by atoms with Crippen molar-refractivity contribution < 1.29 is 0 Å². The summed E-state index contributed by atoms with van der Waals surface area (Å²) in [7, 11) is 1.83. The number of aliphatic imine (C=N–C) groups is 1. The van der Waals surface area contributed by atoms with E-state index in [1.807, 2.05) is 13.2 Å². The minimum absolute atomic E-state index is 0. The summed E-state index contributed by atoms with van der Waals surface area (Å²) in [5.41, 5.74) is 1.71. The highest BCUT2D eigenvalue weighted by Crippen LogP contribution is 2.43. The van der Waals surface area contributed by atoms with Crippen molar-refractivity contribution in [3.8, 4) is 0 Å². The van der Waals surface area contributed by atoms with Crippen LogP contribution in [0.2, 0.25) is 0 Å². The van der Waals surface area contributed by atoms with E-state index in [1.165, 1.54) is 34.7 Å². The lowest BCUT2D eigenvalue weighted by atomic mass is 9.64. The van der Waals surface area contributed by atoms with Gasteiger partial charge in [0.2, 0.25) is 0 Å². The van der Waals surface area contributed by atoms with E-state index in [2.05, 4.69) is 57.9 Å². The Bertz CT molecular complexity index is 680. The number of nitrogens with zero attached hydrogens (tertiary/aromatic N) is 2. The normalized spacial score (nSPS) is 15.8. The summed E-state index contributed by atoms with van der Waals surface area (Å²) in [6.45, 7) is 3.88. The number of thiazole rings is 1. The van der Waals surface area contributed by atoms with Gasteiger partial charge in [-0.25, -0.2) is 4.98 Å². The van der Waals surface area contributed by atoms with E-state index in [0.717, 1.165) is 25.5 Å². The zero-order valence-corrected chi connectivity index (χ0v) is 18.1. The molecule has 0 radical (unpaired) electrons. The summed E-state index contributed by atoms with van der Waals surface area (Å²) in [5, 5.41) is 8.11. The average Bonchev–Trinajstić information content (AvgIpc) is 2.98. The number of hydrogen-bond donors (Lipinski definition) is 2. The molecule has 3 rings (SSSR count). The maximum absolute atomic E-state index is 4.40. The molecular formula is C19H27IN4S. The van der Waals surface area contributed by atoms with E-state index >= 15 is 0 Å². The van der Waals surface area contributed by atoms with Crippen LogP contribution in [0.3, 0.4) is 0 Å². The van der Waals surface area contributed by atoms with Crippen LogP contribution in [0, 0.1) is 6.92 Å². The predicted octanol–water partition coefficient (Wildman–Crippen LogP) is 3.90. The Labute approximate surface area is 171 Å². The third-order valence-corrected chi connectivity index (χ3v) is 5.79. The molecule has 0 atom stereocenters. The molecule has 2 aromatic rings. The second kappa shape index (κ2) is 9.52. The molecule has 1 aliphatic rings. The van der Waals surface area contributed by atoms with Gasteiger partial charge in [-0.1, -0.05) is 36.8 Å². The van der Waals surface area contributed by atoms with Gasteiger partial charge in [-0.2, -0.15) is 0 Å². The second-order valence-corrected chi connectivity index (χ2v) is 7.79. The number of benzene rings is 1. The number of aromatic nitrogens is 1. The summed E-state index contributed by atoms with van der Waals surface area (Å²) in [4.78, 5) is 10.0. The van der Waals surface area contributed by atoms with Crippen molar-refractivity contribution in [1.29, 1.82) is 0 Å². The third-order valence-electron chi connectivity index (χ3n) is 4.82. The Morgan fingerprint density at radius 3 is 2.56 bits per heavy atom. The number of hydrogen-bond acceptors (Lipinski definition) is 3. The minimum Gasteiger partial charge on any atom is -0.356 e. The van der Waals surface area contributed by atoms with E-state index in [0.29, 0.717) is 0 Å². The molecular weight excluding hydrogens is 443 g/mol. The van der Waals surface area contributed by atoms with Crippen LogP contribution in [0.5, 0.6) is 0 Å². The quantitative estimate of drug-likeness (QED) is 0.383. The second-order valence-electron chi connectivity index (χ2n) is 6.47. The van der Waals surface area contributed by atoms with Gasteiger partial charge in [0.15, 0.2) is 5.96 Å². The van der Waals surface area contributed by atoms with Gasteiger partial charge in [0, 0.05) is 43.0 Å². The van der Waals surface area contributed by atoms with Crippen molar-refractivity contribution in [3.63, 3.8) is 0 Å². The van der Waals surface area contributed by atoms with Crippen LogP contribution in [0.1, 0.15) is 34.7 Å². The average molecular weight is 470 g/mol. The zero-order chi connectivity index (χ0) is 16.8. The highest BCUT2D eigenvalue weighted by Gasteiger charge is 2.38. The van der Waals surface area contributed by atoms with Crippen molar-refractivity contribution in [2.75, 3.05) is 20.1 Å². The van der Waals surface area contributed by atoms with Gasteiger partial charge < -0.3 is 10.6 Å². The minimum atomic E-state index is 0. The first-order valence-corrected chi connectivity index (χ1v) is 9.45. The van der Waals surface area contributed by atoms with Gasteiger partial charge in [-0.3, -0.25) is 4.99 Å². The molecule has 1 aromatic heterocycles. The van der Waals surface area contributed by atoms with Crippen LogP contribution in [0.25, 0.3) is 0 Å². The molecule has 0 amide bonds. The van der Waals surface area contributed by atoms with E-state index in [1.54, 1.807) is 11.3 Å². The van der Waals surface area contributed by atoms with Crippen LogP contribution in [-0.2, 0) is 11.8 Å². The van der Waals surface area contributed by atoms with Gasteiger partial charge in [0.05, 0.1) is 5.01 Å². The lowest BCUT2D eigenvalue weighted by molar-refractivity contribution is 0.244. The van der Waals surface area contributed by atoms with Gasteiger partial charge in [0.25, 0.3) is 0 Å². The molecule has 1 aromatic carbocycles. The number of aryl methyl sites for hydroxylation is 1. The molecule has 0 unspecified atom stereocenters. The largest absolute Gasteiger partial charge is 0.356 e. The van der Waals surface area contributed by atoms with E-state index in [4.69, 9.17) is 0 Å². The summed E-state index contributed by atoms with van der Waals surface area (Å²) < 4.78 is 0. The highest BCUT2D eigenvalue weighted by atomic mass is 127. The number of nitrogens with one attached hydrogen (secondary N) is 2. The first-order valence-electron chi connectivity index (χ1n) is 8.63. The predicted molar refractivity (Wildman–Crippen MR) is 117 cm³/mol. The van der Waals surface area contributed by atoms with Gasteiger partial charge in [-0.05, 0) is 25.3 Å². The fourth-order valence-electron chi connectivity index (χ4n) is 3.24. The Balaban J connectivity index is 0.00000225. The lowest BCUT2D eigenvalue weighted by Crippen LogP contribution is -2.49. The maximum atomic E-state index is 4.40. The third kappa shape index (κ3) is 5.17. The number of rotatable bonds is 6. The SMILES string of the molecule is CN=C(NCCc1ncc(C)s1)NCC1(c2ccccc2)CCC1.I. The van der Waals surface area contributed by atoms with Gasteiger partial charge in [-0.15, -0.1) is 35.3 Å². The summed E-state index contributed by atoms with van der Waals surface area (Å²) in [5.74, 6) is 0.880. The topological polar surface area (TPSA) is 49.3 Å². The van der Waals surface area contributed by atoms with Gasteiger partial charge >= 0.3 is 0 Å². The fraction of sp³-hybridized carbons (Fsp3) is 0.474. The smallest absolute Gasteiger partial charge is 0.191 e. The molecule has 0 aliphatic heterocycles. The van der Waals surface area contributed by atoms with Crippen molar-refractivity contribution in [2.45, 2.75) is 38.0 Å². The first-order chi connectivity index (χ1) is 11.7. The molecule has 1 saturated carbocycles. The van der Waals surface area contributed by atoms with Gasteiger partial charge in [0.1, 0.15) is 0 Å². The van der Waals surface area contributed by atoms with E-state index in [-0.39, 0.29) is 29.4 Å². The summed E-state index contributed by atoms with van der Waals surface area (Å²) in [6.07, 6.45) is 6.68. The van der Waals surface area contributed by atoms with Crippen LogP contribution in [0.4, 0.5) is 0 Å². The monoisotopic (exact) mass is 470 g/mol.